The van der Waals surface area contributed by atoms with Gasteiger partial charge in [-0.05, 0) is 12.1 Å². The molecule has 0 N–H and O–H groups in total. The van der Waals surface area contributed by atoms with Gasteiger partial charge in [0, 0.05) is 13.5 Å². The van der Waals surface area contributed by atoms with E-state index in [1.54, 1.807) is 6.20 Å². The van der Waals surface area contributed by atoms with Crippen molar-refractivity contribution in [2.45, 2.75) is 27.2 Å². The molecule has 2 aromatic rings. The molecule has 0 aliphatic carbocycles. The summed E-state index contributed by atoms with van der Waals surface area (Å²) in [5, 5.41) is 0. The summed E-state index contributed by atoms with van der Waals surface area (Å²) in [6.07, 6.45) is 1.72. The van der Waals surface area contributed by atoms with Gasteiger partial charge in [-0.25, -0.2) is 4.98 Å². The Morgan fingerprint density at radius 2 is 2.31 bits per heavy atom. The fraction of sp³-hybridized carbons (Fsp3) is 0.400. The molecule has 70 valence electrons. The molecule has 0 amide bonds. The van der Waals surface area contributed by atoms with E-state index >= 15 is 0 Å². The Bertz CT molecular complexity index is 365. The normalized spacial score (nSPS) is 10.9. The Labute approximate surface area is 79.2 Å². The molecule has 0 unspecified atom stereocenters. The number of hydrogen-bond acceptors (Lipinski definition) is 3. The fourth-order valence-electron chi connectivity index (χ4n) is 1.03. The van der Waals surface area contributed by atoms with Gasteiger partial charge in [0.15, 0.2) is 17.1 Å². The second-order valence-corrected chi connectivity index (χ2v) is 3.03. The lowest BCUT2D eigenvalue weighted by Crippen LogP contribution is -1.85. The lowest BCUT2D eigenvalue weighted by atomic mass is 10.2. The van der Waals surface area contributed by atoms with Gasteiger partial charge in [-0.15, -0.1) is 0 Å². The monoisotopic (exact) mass is 180 g/mol. The smallest absolute Gasteiger partial charge is 0.199 e. The van der Waals surface area contributed by atoms with Crippen molar-refractivity contribution >= 4 is 11.2 Å². The highest BCUT2D eigenvalue weighted by Gasteiger charge is 2.08. The maximum Gasteiger partial charge on any atom is 0.199 e. The Balaban J connectivity index is 0.000000461. The number of rotatable bonds is 1. The van der Waals surface area contributed by atoms with E-state index in [9.17, 15) is 0 Å². The highest BCUT2D eigenvalue weighted by molar-refractivity contribution is 5.66. The summed E-state index contributed by atoms with van der Waals surface area (Å²) in [6, 6.07) is 3.72. The van der Waals surface area contributed by atoms with Gasteiger partial charge < -0.3 is 4.42 Å². The minimum Gasteiger partial charge on any atom is -0.439 e. The Hall–Kier alpha value is -1.38. The lowest BCUT2D eigenvalue weighted by Gasteiger charge is -1.93. The van der Waals surface area contributed by atoms with Crippen molar-refractivity contribution in [3.63, 3.8) is 0 Å². The first-order valence-corrected chi connectivity index (χ1v) is 3.99. The molecule has 13 heavy (non-hydrogen) atoms. The van der Waals surface area contributed by atoms with Crippen LogP contribution in [0.25, 0.3) is 11.2 Å². The summed E-state index contributed by atoms with van der Waals surface area (Å²) >= 11 is 0. The van der Waals surface area contributed by atoms with Crippen LogP contribution in [0.3, 0.4) is 0 Å². The molecule has 0 saturated carbocycles. The average molecular weight is 180 g/mol. The Morgan fingerprint density at radius 1 is 1.54 bits per heavy atom. The van der Waals surface area contributed by atoms with E-state index in [0.717, 1.165) is 11.5 Å². The van der Waals surface area contributed by atoms with Gasteiger partial charge in [-0.2, -0.15) is 4.98 Å². The Morgan fingerprint density at radius 3 is 2.92 bits per heavy atom. The lowest BCUT2D eigenvalue weighted by molar-refractivity contribution is 0.501. The molecule has 2 rings (SSSR count). The van der Waals surface area contributed by atoms with Crippen molar-refractivity contribution in [1.82, 2.24) is 9.97 Å². The molecule has 0 saturated heterocycles. The predicted octanol–water partition coefficient (Wildman–Crippen LogP) is 2.98. The Kier molecular flexibility index (Phi) is 2.25. The van der Waals surface area contributed by atoms with Crippen LogP contribution in [0, 0.1) is 0 Å². The summed E-state index contributed by atoms with van der Waals surface area (Å²) in [5.41, 5.74) is 1.46. The molecule has 3 nitrogen and oxygen atoms in total. The number of fused-ring (bicyclic) bond motifs is 1. The summed E-state index contributed by atoms with van der Waals surface area (Å²) in [6.45, 7) is 4.09. The molecule has 0 fully saturated rings. The van der Waals surface area contributed by atoms with E-state index in [4.69, 9.17) is 5.79 Å². The zero-order valence-electron chi connectivity index (χ0n) is 9.11. The highest BCUT2D eigenvalue weighted by Crippen LogP contribution is 2.18. The van der Waals surface area contributed by atoms with E-state index in [1.807, 2.05) is 26.0 Å². The van der Waals surface area contributed by atoms with E-state index in [0.29, 0.717) is 11.6 Å². The summed E-state index contributed by atoms with van der Waals surface area (Å²) in [7, 11) is 1.25. The topological polar surface area (TPSA) is 38.9 Å². The molecule has 0 spiro atoms. The first kappa shape index (κ1) is 8.23. The van der Waals surface area contributed by atoms with E-state index in [1.165, 1.54) is 7.40 Å². The van der Waals surface area contributed by atoms with Crippen LogP contribution >= 0.6 is 0 Å². The number of nitrogens with zero attached hydrogens (tertiary/aromatic N) is 2. The molecule has 0 aliphatic heterocycles. The van der Waals surface area contributed by atoms with Gasteiger partial charge >= 0.3 is 0 Å². The van der Waals surface area contributed by atoms with Gasteiger partial charge in [0.25, 0.3) is 0 Å². The van der Waals surface area contributed by atoms with Crippen LogP contribution < -0.4 is 0 Å². The molecular formula is C10H14N2O. The minimum atomic E-state index is 0.319. The predicted molar refractivity (Wildman–Crippen MR) is 52.6 cm³/mol. The number of pyridine rings is 1. The standard InChI is InChI=1S/C9H10N2O.CH4/c1-6(2)9-11-8-7(12-9)4-3-5-10-8;/h3-6H,1-2H3;1H4/i;1T. The second-order valence-electron chi connectivity index (χ2n) is 3.03. The van der Waals surface area contributed by atoms with Crippen LogP contribution in [0.5, 0.6) is 0 Å². The van der Waals surface area contributed by atoms with E-state index in [-0.39, 0.29) is 0 Å². The molecule has 2 aromatic heterocycles. The van der Waals surface area contributed by atoms with Crippen LogP contribution in [-0.2, 0) is 0 Å². The minimum absolute atomic E-state index is 0.319. The van der Waals surface area contributed by atoms with Crippen LogP contribution in [0.2, 0.25) is 0 Å². The van der Waals surface area contributed by atoms with Crippen molar-refractivity contribution in [2.24, 2.45) is 0 Å². The van der Waals surface area contributed by atoms with Crippen molar-refractivity contribution in [2.75, 3.05) is 0 Å². The molecule has 0 aliphatic rings. The largest absolute Gasteiger partial charge is 0.439 e. The van der Waals surface area contributed by atoms with Crippen LogP contribution in [0.4, 0.5) is 0 Å². The zero-order chi connectivity index (χ0) is 10.6. The van der Waals surface area contributed by atoms with Crippen molar-refractivity contribution in [3.05, 3.63) is 24.2 Å². The number of aromatic nitrogens is 2. The van der Waals surface area contributed by atoms with Crippen molar-refractivity contribution in [1.29, 1.82) is 0 Å². The first-order valence-electron chi connectivity index (χ1n) is 4.99. The van der Waals surface area contributed by atoms with Crippen molar-refractivity contribution < 1.29 is 5.79 Å². The third-order valence-corrected chi connectivity index (χ3v) is 1.68. The summed E-state index contributed by atoms with van der Waals surface area (Å²) in [5.74, 6) is 1.07. The average Bonchev–Trinajstić information content (AvgIpc) is 2.64. The molecule has 0 aromatic carbocycles. The molecule has 0 atom stereocenters. The number of oxazole rings is 1. The van der Waals surface area contributed by atoms with E-state index in [2.05, 4.69) is 9.97 Å². The summed E-state index contributed by atoms with van der Waals surface area (Å²) in [4.78, 5) is 8.31. The van der Waals surface area contributed by atoms with Gasteiger partial charge in [0.1, 0.15) is 0 Å². The second kappa shape index (κ2) is 3.56. The fourth-order valence-corrected chi connectivity index (χ4v) is 1.03. The first-order chi connectivity index (χ1) is 6.77. The van der Waals surface area contributed by atoms with E-state index < -0.39 is 0 Å². The molecule has 0 radical (unpaired) electrons. The third kappa shape index (κ3) is 1.69. The number of hydrogen-bond donors (Lipinski definition) is 0. The molecule has 3 heteroatoms. The maximum atomic E-state index is 5.75. The molecule has 2 heterocycles. The van der Waals surface area contributed by atoms with Crippen LogP contribution in [-0.4, -0.2) is 9.97 Å². The summed E-state index contributed by atoms with van der Waals surface area (Å²) < 4.78 is 11.2. The molecule has 0 bridgehead atoms. The highest BCUT2D eigenvalue weighted by atomic mass is 16.3. The SMILES string of the molecule is CC(C)c1nc2ncccc2o1.[3H]C. The van der Waals surface area contributed by atoms with Crippen LogP contribution in [0.15, 0.2) is 22.7 Å². The van der Waals surface area contributed by atoms with Crippen molar-refractivity contribution in [3.8, 4) is 0 Å². The van der Waals surface area contributed by atoms with Gasteiger partial charge in [0.05, 0.1) is 0 Å². The van der Waals surface area contributed by atoms with Gasteiger partial charge in [-0.3, -0.25) is 0 Å². The quantitative estimate of drug-likeness (QED) is 0.677. The van der Waals surface area contributed by atoms with Crippen LogP contribution in [0.1, 0.15) is 34.4 Å². The zero-order valence-corrected chi connectivity index (χ0v) is 8.11. The molecular weight excluding hydrogens is 164 g/mol. The van der Waals surface area contributed by atoms with Gasteiger partial charge in [-0.1, -0.05) is 21.3 Å². The third-order valence-electron chi connectivity index (χ3n) is 1.68. The van der Waals surface area contributed by atoms with Gasteiger partial charge in [0.2, 0.25) is 0 Å². The maximum absolute atomic E-state index is 5.75.